The summed E-state index contributed by atoms with van der Waals surface area (Å²) in [5.41, 5.74) is -0.323. The molecule has 0 fully saturated rings. The van der Waals surface area contributed by atoms with E-state index >= 15 is 0 Å². The van der Waals surface area contributed by atoms with Crippen LogP contribution in [0.5, 0.6) is 0 Å². The highest BCUT2D eigenvalue weighted by Crippen LogP contribution is 2.33. The van der Waals surface area contributed by atoms with Crippen LogP contribution in [0.3, 0.4) is 0 Å². The molecule has 0 aromatic carbocycles. The van der Waals surface area contributed by atoms with Gasteiger partial charge >= 0.3 is 0 Å². The normalized spacial score (nSPS) is 9.52. The molecule has 7 heteroatoms. The number of hydrogen-bond acceptors (Lipinski definition) is 7. The van der Waals surface area contributed by atoms with E-state index in [1.807, 2.05) is 6.07 Å². The third-order valence-corrected chi connectivity index (χ3v) is 4.28. The largest absolute Gasteiger partial charge is 0.454 e. The molecule has 2 aromatic heterocycles. The van der Waals surface area contributed by atoms with Gasteiger partial charge in [-0.2, -0.15) is 15.8 Å². The Kier molecular flexibility index (Phi) is 5.15. The van der Waals surface area contributed by atoms with Crippen molar-refractivity contribution in [3.05, 3.63) is 29.7 Å². The first-order chi connectivity index (χ1) is 11.2. The molecule has 0 amide bonds. The molecule has 0 aliphatic rings. The van der Waals surface area contributed by atoms with Crippen LogP contribution in [-0.2, 0) is 0 Å². The first-order valence-electron chi connectivity index (χ1n) is 6.94. The quantitative estimate of drug-likeness (QED) is 0.780. The minimum absolute atomic E-state index is 0.0604. The summed E-state index contributed by atoms with van der Waals surface area (Å²) in [5.74, 6) is 0.761. The SMILES string of the molecule is CCN(CC)c1ncc(-c2ccc(C(C#N)=C(C#N)C#N)o2)s1. The summed E-state index contributed by atoms with van der Waals surface area (Å²) in [6, 6.07) is 8.55. The zero-order valence-electron chi connectivity index (χ0n) is 12.7. The number of aromatic nitrogens is 1. The van der Waals surface area contributed by atoms with Crippen molar-refractivity contribution in [1.82, 2.24) is 4.98 Å². The predicted octanol–water partition coefficient (Wildman–Crippen LogP) is 3.57. The molecule has 0 atom stereocenters. The second kappa shape index (κ2) is 7.26. The van der Waals surface area contributed by atoms with Crippen molar-refractivity contribution in [2.45, 2.75) is 13.8 Å². The van der Waals surface area contributed by atoms with Gasteiger partial charge in [-0.1, -0.05) is 11.3 Å². The van der Waals surface area contributed by atoms with Crippen LogP contribution in [0.15, 0.2) is 28.3 Å². The van der Waals surface area contributed by atoms with Gasteiger partial charge in [0, 0.05) is 13.1 Å². The molecule has 0 bridgehead atoms. The Labute approximate surface area is 138 Å². The van der Waals surface area contributed by atoms with E-state index in [2.05, 4.69) is 23.7 Å². The highest BCUT2D eigenvalue weighted by atomic mass is 32.1. The topological polar surface area (TPSA) is 101 Å². The number of rotatable bonds is 5. The molecule has 0 aliphatic heterocycles. The van der Waals surface area contributed by atoms with Gasteiger partial charge in [-0.25, -0.2) is 4.98 Å². The van der Waals surface area contributed by atoms with Gasteiger partial charge in [0.05, 0.1) is 11.1 Å². The van der Waals surface area contributed by atoms with Crippen molar-refractivity contribution in [3.63, 3.8) is 0 Å². The Morgan fingerprint density at radius 2 is 1.87 bits per heavy atom. The number of thiazole rings is 1. The lowest BCUT2D eigenvalue weighted by molar-refractivity contribution is 0.570. The average Bonchev–Trinajstić information content (AvgIpc) is 3.23. The van der Waals surface area contributed by atoms with E-state index in [9.17, 15) is 0 Å². The third-order valence-electron chi connectivity index (χ3n) is 3.21. The number of hydrogen-bond donors (Lipinski definition) is 0. The Balaban J connectivity index is 2.38. The number of nitriles is 3. The fourth-order valence-corrected chi connectivity index (χ4v) is 3.00. The third kappa shape index (κ3) is 3.23. The van der Waals surface area contributed by atoms with Crippen LogP contribution in [0.4, 0.5) is 5.13 Å². The maximum Gasteiger partial charge on any atom is 0.185 e. The van der Waals surface area contributed by atoms with Crippen LogP contribution >= 0.6 is 11.3 Å². The molecular formula is C16H13N5OS. The zero-order chi connectivity index (χ0) is 16.8. The van der Waals surface area contributed by atoms with Crippen molar-refractivity contribution < 1.29 is 4.42 Å². The van der Waals surface area contributed by atoms with Gasteiger partial charge < -0.3 is 9.32 Å². The molecule has 0 radical (unpaired) electrons. The van der Waals surface area contributed by atoms with Crippen molar-refractivity contribution in [1.29, 1.82) is 15.8 Å². The van der Waals surface area contributed by atoms with Gasteiger partial charge in [-0.05, 0) is 26.0 Å². The molecule has 2 rings (SSSR count). The molecule has 0 aliphatic carbocycles. The van der Waals surface area contributed by atoms with Gasteiger partial charge in [0.15, 0.2) is 10.7 Å². The summed E-state index contributed by atoms with van der Waals surface area (Å²) in [6.07, 6.45) is 1.71. The van der Waals surface area contributed by atoms with Gasteiger partial charge in [0.25, 0.3) is 0 Å². The van der Waals surface area contributed by atoms with Crippen LogP contribution in [0.1, 0.15) is 19.6 Å². The van der Waals surface area contributed by atoms with E-state index in [1.165, 1.54) is 11.3 Å². The predicted molar refractivity (Wildman–Crippen MR) is 87.1 cm³/mol. The molecule has 0 spiro atoms. The number of allylic oxidation sites excluding steroid dienone is 2. The first-order valence-corrected chi connectivity index (χ1v) is 7.76. The van der Waals surface area contributed by atoms with E-state index < -0.39 is 0 Å². The van der Waals surface area contributed by atoms with Crippen LogP contribution < -0.4 is 4.90 Å². The summed E-state index contributed by atoms with van der Waals surface area (Å²) in [7, 11) is 0. The van der Waals surface area contributed by atoms with E-state index in [0.717, 1.165) is 23.1 Å². The lowest BCUT2D eigenvalue weighted by Crippen LogP contribution is -2.21. The molecule has 0 saturated heterocycles. The monoisotopic (exact) mass is 323 g/mol. The molecule has 0 N–H and O–H groups in total. The molecule has 2 heterocycles. The summed E-state index contributed by atoms with van der Waals surface area (Å²) in [4.78, 5) is 7.33. The summed E-state index contributed by atoms with van der Waals surface area (Å²) in [5, 5.41) is 27.8. The molecular weight excluding hydrogens is 310 g/mol. The Hall–Kier alpha value is -3.08. The minimum Gasteiger partial charge on any atom is -0.454 e. The number of nitrogens with zero attached hydrogens (tertiary/aromatic N) is 5. The van der Waals surface area contributed by atoms with Gasteiger partial charge in [-0.3, -0.25) is 0 Å². The Bertz CT molecular complexity index is 836. The summed E-state index contributed by atoms with van der Waals surface area (Å²) >= 11 is 1.49. The van der Waals surface area contributed by atoms with Crippen molar-refractivity contribution in [3.8, 4) is 28.8 Å². The minimum atomic E-state index is -0.262. The van der Waals surface area contributed by atoms with E-state index in [4.69, 9.17) is 20.2 Å². The number of anilines is 1. The molecule has 2 aromatic rings. The summed E-state index contributed by atoms with van der Waals surface area (Å²) < 4.78 is 5.64. The standard InChI is InChI=1S/C16H13N5OS/c1-3-21(4-2)16-20-10-15(23-16)14-6-5-13(22-14)12(9-19)11(7-17)8-18/h5-6,10H,3-4H2,1-2H3. The molecule has 23 heavy (non-hydrogen) atoms. The van der Waals surface area contributed by atoms with Crippen LogP contribution in [-0.4, -0.2) is 18.1 Å². The maximum atomic E-state index is 9.15. The maximum absolute atomic E-state index is 9.15. The van der Waals surface area contributed by atoms with E-state index in [-0.39, 0.29) is 16.9 Å². The lowest BCUT2D eigenvalue weighted by atomic mass is 10.1. The molecule has 0 saturated carbocycles. The van der Waals surface area contributed by atoms with Crippen LogP contribution in [0, 0.1) is 34.0 Å². The van der Waals surface area contributed by atoms with Crippen LogP contribution in [0.2, 0.25) is 0 Å². The molecule has 114 valence electrons. The van der Waals surface area contributed by atoms with E-state index in [1.54, 1.807) is 30.5 Å². The van der Waals surface area contributed by atoms with Crippen LogP contribution in [0.25, 0.3) is 16.2 Å². The second-order valence-corrected chi connectivity index (χ2v) is 5.44. The van der Waals surface area contributed by atoms with Crippen molar-refractivity contribution in [2.75, 3.05) is 18.0 Å². The highest BCUT2D eigenvalue weighted by Gasteiger charge is 2.16. The first kappa shape index (κ1) is 16.3. The molecule has 6 nitrogen and oxygen atoms in total. The van der Waals surface area contributed by atoms with Gasteiger partial charge in [-0.15, -0.1) is 0 Å². The average molecular weight is 323 g/mol. The Morgan fingerprint density at radius 1 is 1.17 bits per heavy atom. The second-order valence-electron chi connectivity index (χ2n) is 4.43. The Morgan fingerprint density at radius 3 is 2.43 bits per heavy atom. The van der Waals surface area contributed by atoms with Gasteiger partial charge in [0.2, 0.25) is 0 Å². The van der Waals surface area contributed by atoms with Crippen molar-refractivity contribution >= 4 is 22.0 Å². The smallest absolute Gasteiger partial charge is 0.185 e. The zero-order valence-corrected chi connectivity index (χ0v) is 13.5. The van der Waals surface area contributed by atoms with Gasteiger partial charge in [0.1, 0.15) is 35.3 Å². The fraction of sp³-hybridized carbons (Fsp3) is 0.250. The highest BCUT2D eigenvalue weighted by molar-refractivity contribution is 7.18. The van der Waals surface area contributed by atoms with E-state index in [0.29, 0.717) is 5.76 Å². The summed E-state index contributed by atoms with van der Waals surface area (Å²) in [6.45, 7) is 5.85. The molecule has 0 unspecified atom stereocenters. The fourth-order valence-electron chi connectivity index (χ4n) is 1.99. The van der Waals surface area contributed by atoms with Crippen molar-refractivity contribution in [2.24, 2.45) is 0 Å². The number of furan rings is 1. The lowest BCUT2D eigenvalue weighted by Gasteiger charge is -2.16.